The Kier molecular flexibility index (Phi) is 5.50. The number of nitrogens with one attached hydrogen (secondary N) is 1. The van der Waals surface area contributed by atoms with E-state index < -0.39 is 18.0 Å². The highest BCUT2D eigenvalue weighted by molar-refractivity contribution is 5.95. The van der Waals surface area contributed by atoms with Crippen LogP contribution in [0.5, 0.6) is 0 Å². The number of anilines is 1. The number of fused-ring (bicyclic) bond motifs is 1. The number of likely N-dealkylation sites (tertiary alicyclic amines) is 1. The van der Waals surface area contributed by atoms with Gasteiger partial charge in [0.15, 0.2) is 0 Å². The van der Waals surface area contributed by atoms with Gasteiger partial charge in [-0.1, -0.05) is 0 Å². The average molecular weight is 444 g/mol. The molecule has 3 aliphatic rings. The fourth-order valence-corrected chi connectivity index (χ4v) is 6.04. The van der Waals surface area contributed by atoms with Crippen molar-refractivity contribution in [1.82, 2.24) is 15.2 Å². The Morgan fingerprint density at radius 2 is 2.09 bits per heavy atom. The van der Waals surface area contributed by atoms with E-state index in [4.69, 9.17) is 0 Å². The normalized spacial score (nSPS) is 29.1. The van der Waals surface area contributed by atoms with E-state index in [0.29, 0.717) is 24.2 Å². The van der Waals surface area contributed by atoms with Gasteiger partial charge in [-0.3, -0.25) is 4.98 Å². The molecule has 1 aromatic heterocycles. The zero-order valence-electron chi connectivity index (χ0n) is 18.0. The van der Waals surface area contributed by atoms with Gasteiger partial charge >= 0.3 is 6.18 Å². The molecular formula is C24H28F3N5. The summed E-state index contributed by atoms with van der Waals surface area (Å²) in [6.07, 6.45) is 0.765. The van der Waals surface area contributed by atoms with Crippen LogP contribution in [0, 0.1) is 28.6 Å². The van der Waals surface area contributed by atoms with Crippen molar-refractivity contribution in [3.8, 4) is 6.07 Å². The van der Waals surface area contributed by atoms with Gasteiger partial charge in [-0.25, -0.2) is 0 Å². The molecule has 32 heavy (non-hydrogen) atoms. The molecule has 4 heterocycles. The molecule has 0 aliphatic carbocycles. The van der Waals surface area contributed by atoms with E-state index in [2.05, 4.69) is 21.3 Å². The Morgan fingerprint density at radius 3 is 2.84 bits per heavy atom. The SMILES string of the molecule is N#Cc1ccc(N2CC(C(F)(F)F)[C@@H](CN3CCC4(CCCNC4)C3)C2)c2cccnc12. The predicted molar refractivity (Wildman–Crippen MR) is 117 cm³/mol. The van der Waals surface area contributed by atoms with Crippen molar-refractivity contribution in [3.05, 3.63) is 36.0 Å². The molecule has 1 spiro atoms. The van der Waals surface area contributed by atoms with Crippen LogP contribution in [0.25, 0.3) is 10.9 Å². The minimum atomic E-state index is -4.23. The highest BCUT2D eigenvalue weighted by Gasteiger charge is 2.51. The second-order valence-corrected chi connectivity index (χ2v) is 9.72. The van der Waals surface area contributed by atoms with Crippen LogP contribution < -0.4 is 10.2 Å². The Morgan fingerprint density at radius 1 is 1.22 bits per heavy atom. The third-order valence-corrected chi connectivity index (χ3v) is 7.64. The van der Waals surface area contributed by atoms with Crippen LogP contribution in [0.1, 0.15) is 24.8 Å². The smallest absolute Gasteiger partial charge is 0.370 e. The summed E-state index contributed by atoms with van der Waals surface area (Å²) in [5.41, 5.74) is 1.96. The summed E-state index contributed by atoms with van der Waals surface area (Å²) < 4.78 is 42.1. The van der Waals surface area contributed by atoms with Crippen molar-refractivity contribution >= 4 is 16.6 Å². The molecule has 3 saturated heterocycles. The number of hydrogen-bond donors (Lipinski definition) is 1. The molecule has 3 atom stereocenters. The van der Waals surface area contributed by atoms with Crippen LogP contribution in [-0.4, -0.2) is 61.9 Å². The van der Waals surface area contributed by atoms with Crippen LogP contribution in [0.15, 0.2) is 30.5 Å². The van der Waals surface area contributed by atoms with Crippen molar-refractivity contribution in [1.29, 1.82) is 5.26 Å². The molecule has 1 aromatic carbocycles. The Hall–Kier alpha value is -2.37. The summed E-state index contributed by atoms with van der Waals surface area (Å²) in [5, 5.41) is 13.6. The number of aromatic nitrogens is 1. The lowest BCUT2D eigenvalue weighted by Gasteiger charge is -2.34. The van der Waals surface area contributed by atoms with Crippen LogP contribution in [-0.2, 0) is 0 Å². The first kappa shape index (κ1) is 21.5. The number of piperidine rings is 1. The third kappa shape index (κ3) is 3.93. The van der Waals surface area contributed by atoms with E-state index in [9.17, 15) is 18.4 Å². The lowest BCUT2D eigenvalue weighted by atomic mass is 9.80. The number of pyridine rings is 1. The molecule has 1 N–H and O–H groups in total. The molecule has 0 amide bonds. The van der Waals surface area contributed by atoms with Gasteiger partial charge in [0.05, 0.1) is 17.0 Å². The first-order valence-corrected chi connectivity index (χ1v) is 11.4. The van der Waals surface area contributed by atoms with Gasteiger partial charge in [0.2, 0.25) is 0 Å². The highest BCUT2D eigenvalue weighted by Crippen LogP contribution is 2.43. The molecular weight excluding hydrogens is 415 g/mol. The molecule has 2 unspecified atom stereocenters. The molecule has 5 rings (SSSR count). The molecule has 5 nitrogen and oxygen atoms in total. The van der Waals surface area contributed by atoms with Crippen LogP contribution in [0.2, 0.25) is 0 Å². The minimum Gasteiger partial charge on any atom is -0.370 e. The quantitative estimate of drug-likeness (QED) is 0.782. The molecule has 170 valence electrons. The van der Waals surface area contributed by atoms with E-state index in [1.165, 1.54) is 6.42 Å². The summed E-state index contributed by atoms with van der Waals surface area (Å²) in [4.78, 5) is 8.43. The topological polar surface area (TPSA) is 55.2 Å². The first-order chi connectivity index (χ1) is 15.4. The summed E-state index contributed by atoms with van der Waals surface area (Å²) in [6.45, 7) is 4.59. The maximum atomic E-state index is 14.0. The monoisotopic (exact) mass is 443 g/mol. The Balaban J connectivity index is 1.38. The first-order valence-electron chi connectivity index (χ1n) is 11.4. The van der Waals surface area contributed by atoms with Gasteiger partial charge in [0.1, 0.15) is 6.07 Å². The minimum absolute atomic E-state index is 0.0510. The molecule has 3 fully saturated rings. The lowest BCUT2D eigenvalue weighted by molar-refractivity contribution is -0.180. The highest BCUT2D eigenvalue weighted by atomic mass is 19.4. The standard InChI is InChI=1S/C24H28F3N5/c25-24(26,27)20-14-32(21-5-4-17(11-28)22-19(21)3-1-9-30-22)13-18(20)12-31-10-7-23(16-31)6-2-8-29-15-23/h1,3-5,9,18,20,29H,2,6-8,10,12-16H2/t18-,20?,23?/m0/s1. The van der Waals surface area contributed by atoms with E-state index in [0.717, 1.165) is 50.1 Å². The number of rotatable bonds is 3. The number of nitriles is 1. The number of benzene rings is 1. The number of halogens is 3. The van der Waals surface area contributed by atoms with Gasteiger partial charge < -0.3 is 15.1 Å². The Labute approximate surface area is 186 Å². The predicted octanol–water partition coefficient (Wildman–Crippen LogP) is 3.80. The molecule has 8 heteroatoms. The molecule has 0 bridgehead atoms. The zero-order chi connectivity index (χ0) is 22.3. The summed E-state index contributed by atoms with van der Waals surface area (Å²) >= 11 is 0. The van der Waals surface area contributed by atoms with E-state index in [1.807, 2.05) is 11.0 Å². The Bertz CT molecular complexity index is 1020. The fourth-order valence-electron chi connectivity index (χ4n) is 6.04. The van der Waals surface area contributed by atoms with Gasteiger partial charge in [-0.15, -0.1) is 0 Å². The third-order valence-electron chi connectivity index (χ3n) is 7.64. The fraction of sp³-hybridized carbons (Fsp3) is 0.583. The van der Waals surface area contributed by atoms with E-state index >= 15 is 0 Å². The number of alkyl halides is 3. The molecule has 2 aromatic rings. The maximum Gasteiger partial charge on any atom is 0.393 e. The average Bonchev–Trinajstić information content (AvgIpc) is 3.38. The summed E-state index contributed by atoms with van der Waals surface area (Å²) in [7, 11) is 0. The maximum absolute atomic E-state index is 14.0. The van der Waals surface area contributed by atoms with Gasteiger partial charge in [0.25, 0.3) is 0 Å². The van der Waals surface area contributed by atoms with Crippen molar-refractivity contribution < 1.29 is 13.2 Å². The molecule has 3 aliphatic heterocycles. The largest absolute Gasteiger partial charge is 0.393 e. The lowest BCUT2D eigenvalue weighted by Crippen LogP contribution is -2.43. The number of hydrogen-bond acceptors (Lipinski definition) is 5. The zero-order valence-corrected chi connectivity index (χ0v) is 18.0. The van der Waals surface area contributed by atoms with Crippen molar-refractivity contribution in [2.45, 2.75) is 25.4 Å². The van der Waals surface area contributed by atoms with Gasteiger partial charge in [-0.2, -0.15) is 18.4 Å². The number of nitrogens with zero attached hydrogens (tertiary/aromatic N) is 4. The second-order valence-electron chi connectivity index (χ2n) is 9.72. The van der Waals surface area contributed by atoms with Crippen LogP contribution in [0.4, 0.5) is 18.9 Å². The molecule has 0 saturated carbocycles. The van der Waals surface area contributed by atoms with Crippen molar-refractivity contribution in [2.24, 2.45) is 17.3 Å². The van der Waals surface area contributed by atoms with E-state index in [-0.39, 0.29) is 12.0 Å². The second kappa shape index (κ2) is 8.20. The van der Waals surface area contributed by atoms with Crippen molar-refractivity contribution in [2.75, 3.05) is 50.7 Å². The van der Waals surface area contributed by atoms with Crippen LogP contribution in [0.3, 0.4) is 0 Å². The molecule has 0 radical (unpaired) electrons. The van der Waals surface area contributed by atoms with Gasteiger partial charge in [-0.05, 0) is 62.0 Å². The van der Waals surface area contributed by atoms with Gasteiger partial charge in [0, 0.05) is 55.9 Å². The van der Waals surface area contributed by atoms with E-state index in [1.54, 1.807) is 24.4 Å². The summed E-state index contributed by atoms with van der Waals surface area (Å²) in [6, 6.07) is 9.19. The van der Waals surface area contributed by atoms with Crippen LogP contribution >= 0.6 is 0 Å². The summed E-state index contributed by atoms with van der Waals surface area (Å²) in [5.74, 6) is -1.82. The van der Waals surface area contributed by atoms with Crippen molar-refractivity contribution in [3.63, 3.8) is 0 Å².